The van der Waals surface area contributed by atoms with Crippen LogP contribution in [0.4, 0.5) is 17.6 Å². The third kappa shape index (κ3) is 5.21. The first-order chi connectivity index (χ1) is 7.92. The first-order valence-electron chi connectivity index (χ1n) is 5.91. The zero-order chi connectivity index (χ0) is 12.9. The van der Waals surface area contributed by atoms with E-state index in [0.717, 1.165) is 19.3 Å². The minimum absolute atomic E-state index is 0.0845. The van der Waals surface area contributed by atoms with Crippen LogP contribution in [0.5, 0.6) is 0 Å². The van der Waals surface area contributed by atoms with Crippen molar-refractivity contribution in [2.24, 2.45) is 11.7 Å². The van der Waals surface area contributed by atoms with Crippen LogP contribution in [-0.4, -0.2) is 31.6 Å². The Hall–Kier alpha value is -0.360. The second kappa shape index (κ2) is 6.54. The summed E-state index contributed by atoms with van der Waals surface area (Å²) in [4.78, 5) is 0. The van der Waals surface area contributed by atoms with Crippen molar-refractivity contribution in [1.29, 1.82) is 0 Å². The van der Waals surface area contributed by atoms with Crippen molar-refractivity contribution >= 4 is 0 Å². The van der Waals surface area contributed by atoms with E-state index in [4.69, 9.17) is 5.73 Å². The van der Waals surface area contributed by atoms with Crippen molar-refractivity contribution in [3.63, 3.8) is 0 Å². The highest BCUT2D eigenvalue weighted by Crippen LogP contribution is 2.28. The number of ether oxygens (including phenoxy) is 1. The fourth-order valence-corrected chi connectivity index (χ4v) is 2.15. The van der Waals surface area contributed by atoms with Crippen LogP contribution in [0.3, 0.4) is 0 Å². The number of nitrogens with two attached hydrogens (primary N) is 1. The number of hydrogen-bond donors (Lipinski definition) is 1. The van der Waals surface area contributed by atoms with Crippen molar-refractivity contribution < 1.29 is 22.3 Å². The second-order valence-electron chi connectivity index (χ2n) is 4.72. The largest absolute Gasteiger partial charge is 0.373 e. The molecule has 0 aromatic carbocycles. The fourth-order valence-electron chi connectivity index (χ4n) is 2.15. The summed E-state index contributed by atoms with van der Waals surface area (Å²) in [7, 11) is 0. The number of rotatable bonds is 7. The third-order valence-corrected chi connectivity index (χ3v) is 3.06. The molecule has 1 aliphatic rings. The molecule has 0 aromatic heterocycles. The molecular formula is C11H19F4NO. The molecule has 0 aromatic rings. The van der Waals surface area contributed by atoms with Gasteiger partial charge < -0.3 is 10.5 Å². The van der Waals surface area contributed by atoms with Crippen molar-refractivity contribution in [1.82, 2.24) is 0 Å². The second-order valence-corrected chi connectivity index (χ2v) is 4.72. The molecule has 1 unspecified atom stereocenters. The van der Waals surface area contributed by atoms with E-state index in [2.05, 4.69) is 4.74 Å². The molecule has 0 amide bonds. The van der Waals surface area contributed by atoms with Gasteiger partial charge >= 0.3 is 12.3 Å². The van der Waals surface area contributed by atoms with Crippen LogP contribution in [0.15, 0.2) is 0 Å². The van der Waals surface area contributed by atoms with Crippen LogP contribution in [0.25, 0.3) is 0 Å². The van der Waals surface area contributed by atoms with Crippen molar-refractivity contribution in [3.05, 3.63) is 0 Å². The standard InChI is InChI=1S/C11H19F4NO/c12-10(13)11(14,15)7-17-6-9(16)5-8-3-1-2-4-8/h8-10H,1-7,16H2. The van der Waals surface area contributed by atoms with Crippen LogP contribution in [0.2, 0.25) is 0 Å². The highest BCUT2D eigenvalue weighted by atomic mass is 19.3. The Balaban J connectivity index is 2.13. The summed E-state index contributed by atoms with van der Waals surface area (Å²) in [6.45, 7) is -1.35. The van der Waals surface area contributed by atoms with Crippen molar-refractivity contribution in [2.45, 2.75) is 50.5 Å². The lowest BCUT2D eigenvalue weighted by atomic mass is 9.99. The number of halogens is 4. The molecular weight excluding hydrogens is 238 g/mol. The summed E-state index contributed by atoms with van der Waals surface area (Å²) in [6.07, 6.45) is 1.62. The van der Waals surface area contributed by atoms with E-state index in [-0.39, 0.29) is 12.6 Å². The van der Waals surface area contributed by atoms with Gasteiger partial charge in [-0.25, -0.2) is 8.78 Å². The average molecular weight is 257 g/mol. The van der Waals surface area contributed by atoms with Gasteiger partial charge in [0.05, 0.1) is 6.61 Å². The predicted octanol–water partition coefficient (Wildman–Crippen LogP) is 2.81. The van der Waals surface area contributed by atoms with Crippen LogP contribution < -0.4 is 5.73 Å². The van der Waals surface area contributed by atoms with Gasteiger partial charge in [-0.3, -0.25) is 0 Å². The molecule has 102 valence electrons. The van der Waals surface area contributed by atoms with Gasteiger partial charge in [0.25, 0.3) is 0 Å². The molecule has 1 saturated carbocycles. The van der Waals surface area contributed by atoms with Gasteiger partial charge in [0.2, 0.25) is 0 Å². The molecule has 2 N–H and O–H groups in total. The molecule has 1 rings (SSSR count). The average Bonchev–Trinajstić information content (AvgIpc) is 2.69. The van der Waals surface area contributed by atoms with Crippen LogP contribution in [-0.2, 0) is 4.74 Å². The zero-order valence-corrected chi connectivity index (χ0v) is 9.68. The smallest absolute Gasteiger partial charge is 0.330 e. The summed E-state index contributed by atoms with van der Waals surface area (Å²) in [6, 6.07) is -0.341. The van der Waals surface area contributed by atoms with Crippen molar-refractivity contribution in [3.8, 4) is 0 Å². The Morgan fingerprint density at radius 1 is 1.24 bits per heavy atom. The van der Waals surface area contributed by atoms with E-state index >= 15 is 0 Å². The van der Waals surface area contributed by atoms with Gasteiger partial charge in [0, 0.05) is 6.04 Å². The van der Waals surface area contributed by atoms with Gasteiger partial charge in [-0.1, -0.05) is 25.7 Å². The highest BCUT2D eigenvalue weighted by Gasteiger charge is 2.41. The third-order valence-electron chi connectivity index (χ3n) is 3.06. The minimum Gasteiger partial charge on any atom is -0.373 e. The fraction of sp³-hybridized carbons (Fsp3) is 1.00. The molecule has 0 spiro atoms. The summed E-state index contributed by atoms with van der Waals surface area (Å²) in [5.41, 5.74) is 5.70. The highest BCUT2D eigenvalue weighted by molar-refractivity contribution is 4.74. The minimum atomic E-state index is -4.08. The lowest BCUT2D eigenvalue weighted by molar-refractivity contribution is -0.166. The van der Waals surface area contributed by atoms with E-state index in [0.29, 0.717) is 5.92 Å². The molecule has 0 heterocycles. The lowest BCUT2D eigenvalue weighted by Crippen LogP contribution is -2.36. The SMILES string of the molecule is NC(COCC(F)(F)C(F)F)CC1CCCC1. The van der Waals surface area contributed by atoms with E-state index in [9.17, 15) is 17.6 Å². The summed E-state index contributed by atoms with van der Waals surface area (Å²) >= 11 is 0. The zero-order valence-electron chi connectivity index (χ0n) is 9.68. The summed E-state index contributed by atoms with van der Waals surface area (Å²) in [5, 5.41) is 0. The normalized spacial score (nSPS) is 20.1. The van der Waals surface area contributed by atoms with Crippen LogP contribution in [0.1, 0.15) is 32.1 Å². The van der Waals surface area contributed by atoms with Crippen LogP contribution >= 0.6 is 0 Å². The number of alkyl halides is 4. The molecule has 0 aliphatic heterocycles. The molecule has 6 heteroatoms. The van der Waals surface area contributed by atoms with E-state index in [1.807, 2.05) is 0 Å². The molecule has 0 bridgehead atoms. The first kappa shape index (κ1) is 14.7. The van der Waals surface area contributed by atoms with Gasteiger partial charge in [-0.15, -0.1) is 0 Å². The van der Waals surface area contributed by atoms with Crippen molar-refractivity contribution in [2.75, 3.05) is 13.2 Å². The molecule has 0 saturated heterocycles. The summed E-state index contributed by atoms with van der Waals surface area (Å²) in [5.74, 6) is -3.54. The van der Waals surface area contributed by atoms with Gasteiger partial charge in [0.1, 0.15) is 6.61 Å². The number of hydrogen-bond acceptors (Lipinski definition) is 2. The van der Waals surface area contributed by atoms with Gasteiger partial charge in [0.15, 0.2) is 0 Å². The maximum absolute atomic E-state index is 12.5. The van der Waals surface area contributed by atoms with E-state index in [1.54, 1.807) is 0 Å². The molecule has 2 nitrogen and oxygen atoms in total. The van der Waals surface area contributed by atoms with Gasteiger partial charge in [-0.05, 0) is 12.3 Å². The molecule has 17 heavy (non-hydrogen) atoms. The maximum Gasteiger partial charge on any atom is 0.330 e. The Labute approximate surface area is 98.5 Å². The van der Waals surface area contributed by atoms with E-state index < -0.39 is 19.0 Å². The lowest BCUT2D eigenvalue weighted by Gasteiger charge is -2.19. The Kier molecular flexibility index (Phi) is 5.66. The van der Waals surface area contributed by atoms with E-state index in [1.165, 1.54) is 12.8 Å². The first-order valence-corrected chi connectivity index (χ1v) is 5.91. The topological polar surface area (TPSA) is 35.2 Å². The molecule has 1 atom stereocenters. The predicted molar refractivity (Wildman–Crippen MR) is 56.3 cm³/mol. The Bertz CT molecular complexity index is 220. The quantitative estimate of drug-likeness (QED) is 0.712. The van der Waals surface area contributed by atoms with Crippen LogP contribution in [0, 0.1) is 5.92 Å². The Morgan fingerprint density at radius 2 is 1.82 bits per heavy atom. The summed E-state index contributed by atoms with van der Waals surface area (Å²) < 4.78 is 53.2. The molecule has 1 fully saturated rings. The molecule has 1 aliphatic carbocycles. The Morgan fingerprint density at radius 3 is 2.35 bits per heavy atom. The van der Waals surface area contributed by atoms with Gasteiger partial charge in [-0.2, -0.15) is 8.78 Å². The monoisotopic (exact) mass is 257 g/mol. The molecule has 0 radical (unpaired) electrons. The maximum atomic E-state index is 12.5.